The van der Waals surface area contributed by atoms with E-state index in [9.17, 15) is 0 Å². The molecule has 0 spiro atoms. The summed E-state index contributed by atoms with van der Waals surface area (Å²) >= 11 is 7.47. The Hall–Kier alpha value is -1.13. The molecule has 2 heterocycles. The number of aromatic nitrogens is 2. The van der Waals surface area contributed by atoms with Crippen LogP contribution in [0.2, 0.25) is 4.34 Å². The first-order chi connectivity index (χ1) is 8.10. The van der Waals surface area contributed by atoms with Crippen molar-refractivity contribution in [3.8, 4) is 10.6 Å². The van der Waals surface area contributed by atoms with E-state index in [0.717, 1.165) is 26.5 Å². The predicted octanol–water partition coefficient (Wildman–Crippen LogP) is 4.02. The first kappa shape index (κ1) is 12.3. The second-order valence-corrected chi connectivity index (χ2v) is 5.72. The van der Waals surface area contributed by atoms with Crippen molar-refractivity contribution in [1.82, 2.24) is 9.97 Å². The first-order valence-electron chi connectivity index (χ1n) is 5.42. The summed E-state index contributed by atoms with van der Waals surface area (Å²) in [5.41, 5.74) is 0.921. The molecule has 0 atom stereocenters. The van der Waals surface area contributed by atoms with Crippen LogP contribution >= 0.6 is 22.9 Å². The van der Waals surface area contributed by atoms with Gasteiger partial charge in [-0.05, 0) is 12.1 Å². The van der Waals surface area contributed by atoms with Gasteiger partial charge in [0.05, 0.1) is 14.9 Å². The molecule has 90 valence electrons. The number of rotatable bonds is 3. The lowest BCUT2D eigenvalue weighted by molar-refractivity contribution is 0.778. The Morgan fingerprint density at radius 3 is 2.59 bits per heavy atom. The molecule has 2 rings (SSSR count). The minimum atomic E-state index is 0.303. The number of halogens is 1. The third-order valence-electron chi connectivity index (χ3n) is 2.34. The summed E-state index contributed by atoms with van der Waals surface area (Å²) in [7, 11) is 1.86. The van der Waals surface area contributed by atoms with E-state index in [0.29, 0.717) is 5.92 Å². The maximum Gasteiger partial charge on any atom is 0.133 e. The number of nitrogens with one attached hydrogen (secondary N) is 1. The van der Waals surface area contributed by atoms with Gasteiger partial charge in [0.1, 0.15) is 11.6 Å². The Morgan fingerprint density at radius 1 is 1.29 bits per heavy atom. The highest BCUT2D eigenvalue weighted by molar-refractivity contribution is 7.19. The van der Waals surface area contributed by atoms with Crippen molar-refractivity contribution in [3.05, 3.63) is 28.4 Å². The molecular weight excluding hydrogens is 254 g/mol. The van der Waals surface area contributed by atoms with E-state index < -0.39 is 0 Å². The molecule has 0 amide bonds. The van der Waals surface area contributed by atoms with Crippen LogP contribution in [0.25, 0.3) is 10.6 Å². The molecule has 2 aromatic heterocycles. The van der Waals surface area contributed by atoms with Crippen LogP contribution < -0.4 is 5.32 Å². The van der Waals surface area contributed by atoms with E-state index in [-0.39, 0.29) is 0 Å². The largest absolute Gasteiger partial charge is 0.373 e. The lowest BCUT2D eigenvalue weighted by Gasteiger charge is -2.08. The first-order valence-corrected chi connectivity index (χ1v) is 6.62. The lowest BCUT2D eigenvalue weighted by atomic mass is 10.2. The summed E-state index contributed by atoms with van der Waals surface area (Å²) in [5, 5.41) is 3.06. The molecule has 0 radical (unpaired) electrons. The van der Waals surface area contributed by atoms with Crippen molar-refractivity contribution < 1.29 is 0 Å². The fraction of sp³-hybridized carbons (Fsp3) is 0.333. The zero-order chi connectivity index (χ0) is 12.4. The summed E-state index contributed by atoms with van der Waals surface area (Å²) in [4.78, 5) is 10.1. The topological polar surface area (TPSA) is 37.8 Å². The normalized spacial score (nSPS) is 10.9. The molecule has 3 nitrogen and oxygen atoms in total. The monoisotopic (exact) mass is 267 g/mol. The molecule has 0 fully saturated rings. The molecule has 5 heteroatoms. The third-order valence-corrected chi connectivity index (χ3v) is 3.60. The molecule has 0 aliphatic heterocycles. The van der Waals surface area contributed by atoms with Crippen molar-refractivity contribution in [2.75, 3.05) is 12.4 Å². The predicted molar refractivity (Wildman–Crippen MR) is 74.0 cm³/mol. The molecule has 0 bridgehead atoms. The number of nitrogens with zero attached hydrogens (tertiary/aromatic N) is 2. The van der Waals surface area contributed by atoms with Gasteiger partial charge in [-0.3, -0.25) is 0 Å². The fourth-order valence-corrected chi connectivity index (χ4v) is 2.43. The van der Waals surface area contributed by atoms with Crippen molar-refractivity contribution >= 4 is 28.8 Å². The Bertz CT molecular complexity index is 522. The van der Waals surface area contributed by atoms with E-state index in [1.807, 2.05) is 25.2 Å². The van der Waals surface area contributed by atoms with Gasteiger partial charge in [-0.1, -0.05) is 25.4 Å². The number of thiophene rings is 1. The van der Waals surface area contributed by atoms with Gasteiger partial charge in [-0.15, -0.1) is 11.3 Å². The standard InChI is InChI=1S/C12H14ClN3S/c1-7(2)12-15-8(6-11(14-3)16-12)9-4-5-10(13)17-9/h4-7H,1-3H3,(H,14,15,16). The molecule has 0 aliphatic rings. The summed E-state index contributed by atoms with van der Waals surface area (Å²) in [6.07, 6.45) is 0. The van der Waals surface area contributed by atoms with Gasteiger partial charge in [-0.2, -0.15) is 0 Å². The van der Waals surface area contributed by atoms with Crippen molar-refractivity contribution in [2.45, 2.75) is 19.8 Å². The van der Waals surface area contributed by atoms with Gasteiger partial charge in [0.25, 0.3) is 0 Å². The maximum absolute atomic E-state index is 5.95. The molecule has 0 saturated heterocycles. The second kappa shape index (κ2) is 5.02. The highest BCUT2D eigenvalue weighted by atomic mass is 35.5. The Labute approximate surface area is 110 Å². The molecule has 0 aromatic carbocycles. The van der Waals surface area contributed by atoms with Gasteiger partial charge >= 0.3 is 0 Å². The molecule has 0 unspecified atom stereocenters. The molecule has 2 aromatic rings. The minimum absolute atomic E-state index is 0.303. The molecule has 1 N–H and O–H groups in total. The maximum atomic E-state index is 5.95. The summed E-state index contributed by atoms with van der Waals surface area (Å²) in [6.45, 7) is 4.17. The second-order valence-electron chi connectivity index (χ2n) is 4.01. The zero-order valence-corrected chi connectivity index (χ0v) is 11.6. The molecule has 17 heavy (non-hydrogen) atoms. The summed E-state index contributed by atoms with van der Waals surface area (Å²) in [5.74, 6) is 1.98. The van der Waals surface area contributed by atoms with Crippen LogP contribution in [0.15, 0.2) is 18.2 Å². The van der Waals surface area contributed by atoms with Gasteiger partial charge in [0, 0.05) is 19.0 Å². The third kappa shape index (κ3) is 2.76. The van der Waals surface area contributed by atoms with Crippen LogP contribution in [0.4, 0.5) is 5.82 Å². The van der Waals surface area contributed by atoms with Gasteiger partial charge in [0.15, 0.2) is 0 Å². The fourth-order valence-electron chi connectivity index (χ4n) is 1.43. The molecular formula is C12H14ClN3S. The Kier molecular flexibility index (Phi) is 3.64. The van der Waals surface area contributed by atoms with Crippen LogP contribution in [0, 0.1) is 0 Å². The highest BCUT2D eigenvalue weighted by Crippen LogP contribution is 2.31. The lowest BCUT2D eigenvalue weighted by Crippen LogP contribution is -2.02. The van der Waals surface area contributed by atoms with E-state index in [2.05, 4.69) is 29.1 Å². The number of anilines is 1. The van der Waals surface area contributed by atoms with E-state index in [4.69, 9.17) is 11.6 Å². The van der Waals surface area contributed by atoms with Gasteiger partial charge < -0.3 is 5.32 Å². The van der Waals surface area contributed by atoms with Crippen LogP contribution in [0.1, 0.15) is 25.6 Å². The van der Waals surface area contributed by atoms with Gasteiger partial charge in [0.2, 0.25) is 0 Å². The van der Waals surface area contributed by atoms with E-state index >= 15 is 0 Å². The average Bonchev–Trinajstić information content (AvgIpc) is 2.75. The Balaban J connectivity index is 2.49. The zero-order valence-electron chi connectivity index (χ0n) is 9.99. The Morgan fingerprint density at radius 2 is 2.06 bits per heavy atom. The highest BCUT2D eigenvalue weighted by Gasteiger charge is 2.10. The number of hydrogen-bond acceptors (Lipinski definition) is 4. The van der Waals surface area contributed by atoms with Crippen LogP contribution in [-0.2, 0) is 0 Å². The van der Waals surface area contributed by atoms with E-state index in [1.54, 1.807) is 0 Å². The minimum Gasteiger partial charge on any atom is -0.373 e. The van der Waals surface area contributed by atoms with Crippen molar-refractivity contribution in [2.24, 2.45) is 0 Å². The van der Waals surface area contributed by atoms with Crippen LogP contribution in [-0.4, -0.2) is 17.0 Å². The molecule has 0 aliphatic carbocycles. The molecule has 0 saturated carbocycles. The summed E-state index contributed by atoms with van der Waals surface area (Å²) in [6, 6.07) is 5.81. The average molecular weight is 268 g/mol. The quantitative estimate of drug-likeness (QED) is 0.913. The number of hydrogen-bond donors (Lipinski definition) is 1. The summed E-state index contributed by atoms with van der Waals surface area (Å²) < 4.78 is 0.774. The van der Waals surface area contributed by atoms with Crippen molar-refractivity contribution in [3.63, 3.8) is 0 Å². The SMILES string of the molecule is CNc1cc(-c2ccc(Cl)s2)nc(C(C)C)n1. The van der Waals surface area contributed by atoms with Gasteiger partial charge in [-0.25, -0.2) is 9.97 Å². The smallest absolute Gasteiger partial charge is 0.133 e. The van der Waals surface area contributed by atoms with Crippen LogP contribution in [0.5, 0.6) is 0 Å². The van der Waals surface area contributed by atoms with Crippen LogP contribution in [0.3, 0.4) is 0 Å². The van der Waals surface area contributed by atoms with E-state index in [1.165, 1.54) is 11.3 Å². The van der Waals surface area contributed by atoms with Crippen molar-refractivity contribution in [1.29, 1.82) is 0 Å².